The Morgan fingerprint density at radius 1 is 1.00 bits per heavy atom. The quantitative estimate of drug-likeness (QED) is 0.673. The number of carbonyl (C=O) groups is 1. The zero-order chi connectivity index (χ0) is 19.8. The molecular formula is C20H24FNO5. The number of carbonyl (C=O) groups excluding carboxylic acids is 1. The Balaban J connectivity index is 1.96. The minimum atomic E-state index is -0.427. The summed E-state index contributed by atoms with van der Waals surface area (Å²) in [7, 11) is 6.24. The van der Waals surface area contributed by atoms with Gasteiger partial charge >= 0.3 is 0 Å². The van der Waals surface area contributed by atoms with E-state index in [1.165, 1.54) is 32.3 Å². The predicted molar refractivity (Wildman–Crippen MR) is 99.3 cm³/mol. The molecule has 0 atom stereocenters. The summed E-state index contributed by atoms with van der Waals surface area (Å²) in [5, 5.41) is 0. The van der Waals surface area contributed by atoms with Crippen LogP contribution < -0.4 is 18.9 Å². The molecule has 0 heterocycles. The van der Waals surface area contributed by atoms with Gasteiger partial charge in [0.2, 0.25) is 11.7 Å². The molecule has 6 nitrogen and oxygen atoms in total. The highest BCUT2D eigenvalue weighted by Crippen LogP contribution is 2.38. The highest BCUT2D eigenvalue weighted by Gasteiger charge is 2.16. The van der Waals surface area contributed by atoms with E-state index < -0.39 is 5.82 Å². The van der Waals surface area contributed by atoms with Crippen LogP contribution in [0.3, 0.4) is 0 Å². The second-order valence-electron chi connectivity index (χ2n) is 5.80. The van der Waals surface area contributed by atoms with E-state index in [-0.39, 0.29) is 24.7 Å². The number of rotatable bonds is 9. The minimum absolute atomic E-state index is 0.110. The first-order valence-electron chi connectivity index (χ1n) is 8.40. The minimum Gasteiger partial charge on any atom is -0.493 e. The zero-order valence-corrected chi connectivity index (χ0v) is 16.0. The molecule has 0 aliphatic carbocycles. The van der Waals surface area contributed by atoms with Crippen molar-refractivity contribution in [3.63, 3.8) is 0 Å². The van der Waals surface area contributed by atoms with E-state index in [2.05, 4.69) is 0 Å². The number of para-hydroxylation sites is 1. The third kappa shape index (κ3) is 5.26. The molecular weight excluding hydrogens is 353 g/mol. The number of methoxy groups -OCH3 is 3. The average molecular weight is 377 g/mol. The van der Waals surface area contributed by atoms with Crippen molar-refractivity contribution in [3.05, 3.63) is 47.8 Å². The van der Waals surface area contributed by atoms with E-state index in [0.717, 1.165) is 5.56 Å². The summed E-state index contributed by atoms with van der Waals surface area (Å²) in [4.78, 5) is 14.0. The lowest BCUT2D eigenvalue weighted by atomic mass is 10.1. The van der Waals surface area contributed by atoms with Gasteiger partial charge in [0, 0.05) is 7.05 Å². The maximum absolute atomic E-state index is 13.5. The Morgan fingerprint density at radius 3 is 2.19 bits per heavy atom. The number of nitrogens with zero attached hydrogens (tertiary/aromatic N) is 1. The van der Waals surface area contributed by atoms with Crippen molar-refractivity contribution in [2.75, 3.05) is 41.5 Å². The summed E-state index contributed by atoms with van der Waals surface area (Å²) in [6.07, 6.45) is 0.160. The van der Waals surface area contributed by atoms with Crippen molar-refractivity contribution in [1.29, 1.82) is 0 Å². The number of amides is 1. The van der Waals surface area contributed by atoms with Crippen LogP contribution in [0.4, 0.5) is 4.39 Å². The van der Waals surface area contributed by atoms with Gasteiger partial charge in [0.15, 0.2) is 23.1 Å². The van der Waals surface area contributed by atoms with Crippen LogP contribution in [0.5, 0.6) is 23.0 Å². The number of benzene rings is 2. The smallest absolute Gasteiger partial charge is 0.226 e. The average Bonchev–Trinajstić information content (AvgIpc) is 2.68. The summed E-state index contributed by atoms with van der Waals surface area (Å²) in [6, 6.07) is 9.64. The molecule has 0 aromatic heterocycles. The molecule has 0 spiro atoms. The van der Waals surface area contributed by atoms with E-state index in [9.17, 15) is 9.18 Å². The van der Waals surface area contributed by atoms with E-state index in [0.29, 0.717) is 23.8 Å². The molecule has 0 saturated carbocycles. The molecule has 2 rings (SSSR count). The molecule has 146 valence electrons. The molecule has 27 heavy (non-hydrogen) atoms. The largest absolute Gasteiger partial charge is 0.493 e. The number of hydrogen-bond donors (Lipinski definition) is 0. The van der Waals surface area contributed by atoms with Crippen molar-refractivity contribution in [2.45, 2.75) is 6.42 Å². The van der Waals surface area contributed by atoms with Gasteiger partial charge in [0.1, 0.15) is 6.61 Å². The molecule has 0 bridgehead atoms. The second kappa shape index (κ2) is 9.66. The summed E-state index contributed by atoms with van der Waals surface area (Å²) in [6.45, 7) is 0.524. The van der Waals surface area contributed by atoms with Gasteiger partial charge in [-0.2, -0.15) is 0 Å². The van der Waals surface area contributed by atoms with Gasteiger partial charge in [-0.1, -0.05) is 12.1 Å². The Bertz CT molecular complexity index is 756. The van der Waals surface area contributed by atoms with Crippen molar-refractivity contribution in [2.24, 2.45) is 0 Å². The van der Waals surface area contributed by atoms with Gasteiger partial charge < -0.3 is 23.8 Å². The van der Waals surface area contributed by atoms with Gasteiger partial charge in [-0.05, 0) is 29.8 Å². The number of hydrogen-bond acceptors (Lipinski definition) is 5. The van der Waals surface area contributed by atoms with E-state index in [4.69, 9.17) is 18.9 Å². The third-order valence-corrected chi connectivity index (χ3v) is 4.03. The molecule has 0 fully saturated rings. The Labute approximate surface area is 158 Å². The molecule has 0 radical (unpaired) electrons. The Hall–Kier alpha value is -2.96. The maximum Gasteiger partial charge on any atom is 0.226 e. The fraction of sp³-hybridized carbons (Fsp3) is 0.350. The van der Waals surface area contributed by atoms with Crippen molar-refractivity contribution >= 4 is 5.91 Å². The van der Waals surface area contributed by atoms with Gasteiger partial charge in [-0.15, -0.1) is 0 Å². The van der Waals surface area contributed by atoms with Crippen LogP contribution in [0.1, 0.15) is 5.56 Å². The third-order valence-electron chi connectivity index (χ3n) is 4.03. The van der Waals surface area contributed by atoms with Crippen LogP contribution in [0.15, 0.2) is 36.4 Å². The molecule has 2 aromatic carbocycles. The standard InChI is InChI=1S/C20H24FNO5/c1-22(9-10-27-16-8-6-5-7-15(16)21)19(23)13-14-11-17(24-2)20(26-4)18(12-14)25-3/h5-8,11-12H,9-10,13H2,1-4H3. The molecule has 1 amide bonds. The lowest BCUT2D eigenvalue weighted by Gasteiger charge is -2.19. The van der Waals surface area contributed by atoms with Crippen molar-refractivity contribution in [1.82, 2.24) is 4.90 Å². The van der Waals surface area contributed by atoms with Crippen molar-refractivity contribution in [3.8, 4) is 23.0 Å². The van der Waals surface area contributed by atoms with E-state index >= 15 is 0 Å². The topological polar surface area (TPSA) is 57.2 Å². The van der Waals surface area contributed by atoms with Gasteiger partial charge in [-0.3, -0.25) is 4.79 Å². The maximum atomic E-state index is 13.5. The SMILES string of the molecule is COc1cc(CC(=O)N(C)CCOc2ccccc2F)cc(OC)c1OC. The summed E-state index contributed by atoms with van der Waals surface area (Å²) in [5.74, 6) is 1.09. The highest BCUT2D eigenvalue weighted by molar-refractivity contribution is 5.79. The van der Waals surface area contributed by atoms with Crippen LogP contribution in [0, 0.1) is 5.82 Å². The fourth-order valence-corrected chi connectivity index (χ4v) is 2.53. The lowest BCUT2D eigenvalue weighted by Crippen LogP contribution is -2.32. The molecule has 2 aromatic rings. The lowest BCUT2D eigenvalue weighted by molar-refractivity contribution is -0.129. The first-order chi connectivity index (χ1) is 13.0. The van der Waals surface area contributed by atoms with Gasteiger partial charge in [0.05, 0.1) is 34.3 Å². The Kier molecular flexibility index (Phi) is 7.28. The van der Waals surface area contributed by atoms with Crippen LogP contribution in [-0.2, 0) is 11.2 Å². The first-order valence-corrected chi connectivity index (χ1v) is 8.40. The second-order valence-corrected chi connectivity index (χ2v) is 5.80. The summed E-state index contributed by atoms with van der Waals surface area (Å²) >= 11 is 0. The molecule has 0 N–H and O–H groups in total. The summed E-state index contributed by atoms with van der Waals surface area (Å²) in [5.41, 5.74) is 0.733. The van der Waals surface area contributed by atoms with Gasteiger partial charge in [0.25, 0.3) is 0 Å². The number of likely N-dealkylation sites (N-methyl/N-ethyl adjacent to an activating group) is 1. The molecule has 0 aliphatic heterocycles. The normalized spacial score (nSPS) is 10.3. The van der Waals surface area contributed by atoms with Crippen LogP contribution in [-0.4, -0.2) is 52.3 Å². The number of ether oxygens (including phenoxy) is 4. The zero-order valence-electron chi connectivity index (χ0n) is 16.0. The molecule has 0 aliphatic rings. The van der Waals surface area contributed by atoms with E-state index in [1.54, 1.807) is 37.4 Å². The molecule has 7 heteroatoms. The molecule has 0 unspecified atom stereocenters. The van der Waals surface area contributed by atoms with Gasteiger partial charge in [-0.25, -0.2) is 4.39 Å². The Morgan fingerprint density at radius 2 is 1.63 bits per heavy atom. The first kappa shape index (κ1) is 20.4. The fourth-order valence-electron chi connectivity index (χ4n) is 2.53. The molecule has 0 saturated heterocycles. The monoisotopic (exact) mass is 377 g/mol. The van der Waals surface area contributed by atoms with Crippen LogP contribution >= 0.6 is 0 Å². The van der Waals surface area contributed by atoms with Crippen LogP contribution in [0.25, 0.3) is 0 Å². The van der Waals surface area contributed by atoms with Crippen LogP contribution in [0.2, 0.25) is 0 Å². The summed E-state index contributed by atoms with van der Waals surface area (Å²) < 4.78 is 34.8. The number of halogens is 1. The predicted octanol–water partition coefficient (Wildman–Crippen LogP) is 2.93. The van der Waals surface area contributed by atoms with Crippen molar-refractivity contribution < 1.29 is 28.1 Å². The highest BCUT2D eigenvalue weighted by atomic mass is 19.1. The van der Waals surface area contributed by atoms with E-state index in [1.807, 2.05) is 0 Å².